The molecule has 0 unspecified atom stereocenters. The molecule has 0 fully saturated rings. The van der Waals surface area contributed by atoms with Gasteiger partial charge in [0, 0.05) is 29.1 Å². The molecular weight excluding hydrogens is 341 g/mol. The molecule has 1 aliphatic rings. The summed E-state index contributed by atoms with van der Waals surface area (Å²) < 4.78 is 16.9. The van der Waals surface area contributed by atoms with Gasteiger partial charge in [0.2, 0.25) is 0 Å². The summed E-state index contributed by atoms with van der Waals surface area (Å²) in [6, 6.07) is 3.68. The largest absolute Gasteiger partial charge is 0.384 e. The molecule has 1 aromatic carbocycles. The lowest BCUT2D eigenvalue weighted by Gasteiger charge is -2.10. The lowest BCUT2D eigenvalue weighted by molar-refractivity contribution is 0.618. The minimum Gasteiger partial charge on any atom is -0.384 e. The molecule has 0 atom stereocenters. The first kappa shape index (κ1) is 20.7. The van der Waals surface area contributed by atoms with Gasteiger partial charge in [0.25, 0.3) is 0 Å². The van der Waals surface area contributed by atoms with Gasteiger partial charge in [-0.15, -0.1) is 0 Å². The lowest BCUT2D eigenvalue weighted by Crippen LogP contribution is -2.04. The molecule has 0 bridgehead atoms. The molecule has 0 amide bonds. The Hall–Kier alpha value is -2.63. The number of nitrogens with two attached hydrogens (primary N) is 1. The fraction of sp³-hybridized carbons (Fsp3) is 0.429. The third-order valence-corrected chi connectivity index (χ3v) is 4.62. The van der Waals surface area contributed by atoms with Crippen LogP contribution in [0.3, 0.4) is 0 Å². The predicted molar refractivity (Wildman–Crippen MR) is 112 cm³/mol. The molecule has 4 rings (SSSR count). The summed E-state index contributed by atoms with van der Waals surface area (Å²) >= 11 is 0. The highest BCUT2D eigenvalue weighted by molar-refractivity contribution is 5.87. The Morgan fingerprint density at radius 1 is 1.07 bits per heavy atom. The second kappa shape index (κ2) is 8.37. The van der Waals surface area contributed by atoms with Crippen LogP contribution in [0.2, 0.25) is 0 Å². The monoisotopic (exact) mass is 371 g/mol. The summed E-state index contributed by atoms with van der Waals surface area (Å²) in [4.78, 5) is 8.98. The fourth-order valence-corrected chi connectivity index (χ4v) is 3.38. The van der Waals surface area contributed by atoms with Gasteiger partial charge in [-0.3, -0.25) is 4.40 Å². The molecule has 0 radical (unpaired) electrons. The van der Waals surface area contributed by atoms with Gasteiger partial charge in [0.1, 0.15) is 28.7 Å². The first-order chi connectivity index (χ1) is 13.0. The van der Waals surface area contributed by atoms with Crippen LogP contribution in [0.15, 0.2) is 12.1 Å². The molecule has 0 aliphatic carbocycles. The minimum atomic E-state index is -0.217. The van der Waals surface area contributed by atoms with Crippen LogP contribution in [0.5, 0.6) is 0 Å². The van der Waals surface area contributed by atoms with Crippen LogP contribution in [-0.4, -0.2) is 20.9 Å². The molecule has 6 heteroatoms. The normalized spacial score (nSPS) is 11.9. The van der Waals surface area contributed by atoms with Crippen molar-refractivity contribution in [2.24, 2.45) is 0 Å². The summed E-state index contributed by atoms with van der Waals surface area (Å²) in [7, 11) is 0. The second-order valence-corrected chi connectivity index (χ2v) is 5.99. The van der Waals surface area contributed by atoms with E-state index in [9.17, 15) is 4.39 Å². The highest BCUT2D eigenvalue weighted by Gasteiger charge is 2.23. The van der Waals surface area contributed by atoms with Gasteiger partial charge < -0.3 is 11.1 Å². The van der Waals surface area contributed by atoms with Gasteiger partial charge >= 0.3 is 0 Å². The molecule has 0 saturated heterocycles. The Morgan fingerprint density at radius 2 is 1.74 bits per heavy atom. The molecule has 5 nitrogen and oxygen atoms in total. The number of rotatable bonds is 1. The molecule has 3 heterocycles. The van der Waals surface area contributed by atoms with Gasteiger partial charge in [-0.25, -0.2) is 14.4 Å². The van der Waals surface area contributed by atoms with Crippen LogP contribution in [0, 0.1) is 26.6 Å². The van der Waals surface area contributed by atoms with E-state index in [1.807, 2.05) is 58.9 Å². The number of hydrogen-bond donors (Lipinski definition) is 2. The quantitative estimate of drug-likeness (QED) is 0.627. The van der Waals surface area contributed by atoms with E-state index in [2.05, 4.69) is 15.3 Å². The Kier molecular flexibility index (Phi) is 6.41. The molecule has 3 N–H and O–H groups in total. The summed E-state index contributed by atoms with van der Waals surface area (Å²) in [6.07, 6.45) is 0.686. The minimum absolute atomic E-state index is 0.217. The van der Waals surface area contributed by atoms with E-state index in [0.717, 1.165) is 35.0 Å². The highest BCUT2D eigenvalue weighted by Crippen LogP contribution is 2.36. The second-order valence-electron chi connectivity index (χ2n) is 5.99. The van der Waals surface area contributed by atoms with Crippen molar-refractivity contribution in [3.8, 4) is 11.3 Å². The van der Waals surface area contributed by atoms with Crippen LogP contribution in [0.25, 0.3) is 16.8 Å². The zero-order valence-electron chi connectivity index (χ0n) is 17.4. The SMILES string of the molecule is CC.CC.Cc1nc(N)c2c(-c3ccc4c(c3F)CCN4)nc(C)n2c1C. The van der Waals surface area contributed by atoms with E-state index >= 15 is 0 Å². The number of hydrogen-bond acceptors (Lipinski definition) is 4. The van der Waals surface area contributed by atoms with E-state index in [1.54, 1.807) is 6.07 Å². The van der Waals surface area contributed by atoms with E-state index in [-0.39, 0.29) is 5.82 Å². The Labute approximate surface area is 160 Å². The maximum absolute atomic E-state index is 15.0. The number of nitrogens with one attached hydrogen (secondary N) is 1. The average Bonchev–Trinajstić information content (AvgIpc) is 3.29. The number of fused-ring (bicyclic) bond motifs is 2. The van der Waals surface area contributed by atoms with Crippen molar-refractivity contribution in [2.75, 3.05) is 17.6 Å². The van der Waals surface area contributed by atoms with Gasteiger partial charge in [-0.1, -0.05) is 27.7 Å². The van der Waals surface area contributed by atoms with Crippen LogP contribution in [-0.2, 0) is 6.42 Å². The number of aryl methyl sites for hydroxylation is 3. The van der Waals surface area contributed by atoms with E-state index < -0.39 is 0 Å². The number of anilines is 2. The van der Waals surface area contributed by atoms with E-state index in [0.29, 0.717) is 29.0 Å². The lowest BCUT2D eigenvalue weighted by atomic mass is 10.0. The first-order valence-electron chi connectivity index (χ1n) is 9.66. The van der Waals surface area contributed by atoms with Crippen LogP contribution < -0.4 is 11.1 Å². The molecule has 0 saturated carbocycles. The third kappa shape index (κ3) is 3.36. The van der Waals surface area contributed by atoms with Crippen molar-refractivity contribution in [2.45, 2.75) is 54.9 Å². The van der Waals surface area contributed by atoms with Gasteiger partial charge in [0.05, 0.1) is 5.69 Å². The summed E-state index contributed by atoms with van der Waals surface area (Å²) in [5.74, 6) is 0.939. The Morgan fingerprint density at radius 3 is 2.41 bits per heavy atom. The van der Waals surface area contributed by atoms with Crippen molar-refractivity contribution in [3.63, 3.8) is 0 Å². The van der Waals surface area contributed by atoms with Crippen molar-refractivity contribution in [3.05, 3.63) is 40.7 Å². The molecule has 2 aromatic heterocycles. The number of imidazole rings is 1. The number of nitrogens with zero attached hydrogens (tertiary/aromatic N) is 3. The third-order valence-electron chi connectivity index (χ3n) is 4.62. The standard InChI is InChI=1S/C17H18FN5.2C2H6/c1-8-9(2)23-10(3)22-15(16(23)17(19)21-8)12-4-5-13-11(14(12)18)6-7-20-13;2*1-2/h4-5,20H,6-7H2,1-3H3,(H2,19,21);2*1-2H3. The number of aromatic nitrogens is 3. The zero-order chi connectivity index (χ0) is 20.3. The Balaban J connectivity index is 0.000000614. The van der Waals surface area contributed by atoms with Gasteiger partial charge in [-0.2, -0.15) is 0 Å². The van der Waals surface area contributed by atoms with Crippen LogP contribution in [0.4, 0.5) is 15.9 Å². The maximum atomic E-state index is 15.0. The summed E-state index contributed by atoms with van der Waals surface area (Å²) in [5.41, 5.74) is 11.2. The first-order valence-corrected chi connectivity index (χ1v) is 9.66. The number of benzene rings is 1. The van der Waals surface area contributed by atoms with E-state index in [4.69, 9.17) is 5.73 Å². The van der Waals surface area contributed by atoms with Crippen LogP contribution in [0.1, 0.15) is 50.5 Å². The molecular formula is C21H30FN5. The molecule has 27 heavy (non-hydrogen) atoms. The molecule has 1 aliphatic heterocycles. The smallest absolute Gasteiger partial charge is 0.150 e. The van der Waals surface area contributed by atoms with Crippen molar-refractivity contribution < 1.29 is 4.39 Å². The van der Waals surface area contributed by atoms with Crippen molar-refractivity contribution >= 4 is 17.0 Å². The highest BCUT2D eigenvalue weighted by atomic mass is 19.1. The van der Waals surface area contributed by atoms with Gasteiger partial charge in [0.15, 0.2) is 0 Å². The molecule has 146 valence electrons. The van der Waals surface area contributed by atoms with Crippen molar-refractivity contribution in [1.82, 2.24) is 14.4 Å². The molecule has 0 spiro atoms. The maximum Gasteiger partial charge on any atom is 0.150 e. The Bertz CT molecular complexity index is 959. The number of nitrogen functional groups attached to an aromatic ring is 1. The topological polar surface area (TPSA) is 68.2 Å². The fourth-order valence-electron chi connectivity index (χ4n) is 3.38. The van der Waals surface area contributed by atoms with E-state index in [1.165, 1.54) is 0 Å². The van der Waals surface area contributed by atoms with Crippen LogP contribution >= 0.6 is 0 Å². The molecule has 3 aromatic rings. The predicted octanol–water partition coefficient (Wildman–Crippen LogP) is 5.06. The summed E-state index contributed by atoms with van der Waals surface area (Å²) in [5, 5.41) is 3.19. The average molecular weight is 372 g/mol. The summed E-state index contributed by atoms with van der Waals surface area (Å²) in [6.45, 7) is 14.5. The number of halogens is 1. The van der Waals surface area contributed by atoms with Crippen molar-refractivity contribution in [1.29, 1.82) is 0 Å². The van der Waals surface area contributed by atoms with Gasteiger partial charge in [-0.05, 0) is 39.3 Å². The zero-order valence-corrected chi connectivity index (χ0v) is 17.4.